The first-order valence-corrected chi connectivity index (χ1v) is 9.42. The maximum Gasteiger partial charge on any atom is 0.257 e. The number of likely N-dealkylation sites (tertiary alicyclic amines) is 1. The third-order valence-electron chi connectivity index (χ3n) is 5.34. The molecule has 3 aromatic rings. The molecule has 5 nitrogen and oxygen atoms in total. The van der Waals surface area contributed by atoms with Crippen LogP contribution < -0.4 is 0 Å². The van der Waals surface area contributed by atoms with E-state index in [1.165, 1.54) is 10.8 Å². The van der Waals surface area contributed by atoms with Crippen LogP contribution in [0, 0.1) is 0 Å². The summed E-state index contributed by atoms with van der Waals surface area (Å²) in [7, 11) is 0. The van der Waals surface area contributed by atoms with Gasteiger partial charge in [0.25, 0.3) is 5.91 Å². The molecule has 1 saturated heterocycles. The van der Waals surface area contributed by atoms with Gasteiger partial charge in [-0.15, -0.1) is 0 Å². The van der Waals surface area contributed by atoms with E-state index in [0.717, 1.165) is 24.2 Å². The largest absolute Gasteiger partial charge is 0.391 e. The molecule has 1 N–H and O–H groups in total. The Morgan fingerprint density at radius 1 is 1.15 bits per heavy atom. The first kappa shape index (κ1) is 17.6. The molecule has 4 rings (SSSR count). The molecule has 0 aliphatic carbocycles. The van der Waals surface area contributed by atoms with Crippen molar-refractivity contribution in [3.8, 4) is 0 Å². The van der Waals surface area contributed by atoms with Crippen molar-refractivity contribution in [3.05, 3.63) is 71.8 Å². The standard InChI is InChI=1S/C22H23N3O2/c1-2-21-23-12-18(13-24-21)22(27)25-10-9-19(20(26)14-25)17-8-7-15-5-3-4-6-16(15)11-17/h3-8,11-13,19-20,26H,2,9-10,14H2,1H3/t19-,20+/m0/s1. The third-order valence-corrected chi connectivity index (χ3v) is 5.34. The number of hydrogen-bond donors (Lipinski definition) is 1. The zero-order valence-corrected chi connectivity index (χ0v) is 15.4. The molecule has 5 heteroatoms. The van der Waals surface area contributed by atoms with Crippen LogP contribution >= 0.6 is 0 Å². The number of β-amino-alcohol motifs (C(OH)–C–C–N with tert-alkyl or cyclic N) is 1. The van der Waals surface area contributed by atoms with Gasteiger partial charge < -0.3 is 10.0 Å². The van der Waals surface area contributed by atoms with Gasteiger partial charge in [0.2, 0.25) is 0 Å². The Hall–Kier alpha value is -2.79. The van der Waals surface area contributed by atoms with E-state index < -0.39 is 6.10 Å². The number of aryl methyl sites for hydroxylation is 1. The lowest BCUT2D eigenvalue weighted by Crippen LogP contribution is -2.45. The maximum absolute atomic E-state index is 12.7. The summed E-state index contributed by atoms with van der Waals surface area (Å²) in [6, 6.07) is 14.6. The number of rotatable bonds is 3. The highest BCUT2D eigenvalue weighted by Gasteiger charge is 2.31. The lowest BCUT2D eigenvalue weighted by molar-refractivity contribution is 0.0381. The van der Waals surface area contributed by atoms with Gasteiger partial charge in [0.15, 0.2) is 0 Å². The fourth-order valence-corrected chi connectivity index (χ4v) is 3.77. The summed E-state index contributed by atoms with van der Waals surface area (Å²) >= 11 is 0. The molecule has 0 unspecified atom stereocenters. The second kappa shape index (κ2) is 7.45. The number of benzene rings is 2. The molecule has 2 atom stereocenters. The van der Waals surface area contributed by atoms with Crippen molar-refractivity contribution in [3.63, 3.8) is 0 Å². The molecule has 2 aromatic carbocycles. The van der Waals surface area contributed by atoms with Crippen molar-refractivity contribution >= 4 is 16.7 Å². The Labute approximate surface area is 158 Å². The van der Waals surface area contributed by atoms with Crippen LogP contribution in [0.3, 0.4) is 0 Å². The smallest absolute Gasteiger partial charge is 0.257 e. The number of aromatic nitrogens is 2. The minimum absolute atomic E-state index is 0.0392. The Balaban J connectivity index is 1.48. The zero-order valence-electron chi connectivity index (χ0n) is 15.4. The monoisotopic (exact) mass is 361 g/mol. The molecule has 0 bridgehead atoms. The summed E-state index contributed by atoms with van der Waals surface area (Å²) in [6.45, 7) is 2.92. The predicted octanol–water partition coefficient (Wildman–Crippen LogP) is 3.18. The van der Waals surface area contributed by atoms with E-state index >= 15 is 0 Å². The van der Waals surface area contributed by atoms with Gasteiger partial charge in [0.1, 0.15) is 5.82 Å². The first-order chi connectivity index (χ1) is 13.2. The topological polar surface area (TPSA) is 66.3 Å². The summed E-state index contributed by atoms with van der Waals surface area (Å²) in [5.74, 6) is 0.646. The number of fused-ring (bicyclic) bond motifs is 1. The molecular weight excluding hydrogens is 338 g/mol. The number of carbonyl (C=O) groups excluding carboxylic acids is 1. The second-order valence-corrected chi connectivity index (χ2v) is 7.06. The van der Waals surface area contributed by atoms with Gasteiger partial charge in [0, 0.05) is 37.8 Å². The van der Waals surface area contributed by atoms with E-state index in [1.807, 2.05) is 19.1 Å². The van der Waals surface area contributed by atoms with Gasteiger partial charge >= 0.3 is 0 Å². The zero-order chi connectivity index (χ0) is 18.8. The summed E-state index contributed by atoms with van der Waals surface area (Å²) in [5.41, 5.74) is 1.60. The Morgan fingerprint density at radius 3 is 2.59 bits per heavy atom. The van der Waals surface area contributed by atoms with Crippen LogP contribution in [0.1, 0.15) is 41.0 Å². The Kier molecular flexibility index (Phi) is 4.86. The average molecular weight is 361 g/mol. The minimum Gasteiger partial charge on any atom is -0.391 e. The van der Waals surface area contributed by atoms with E-state index in [-0.39, 0.29) is 11.8 Å². The quantitative estimate of drug-likeness (QED) is 0.778. The summed E-state index contributed by atoms with van der Waals surface area (Å²) in [5, 5.41) is 13.1. The number of hydrogen-bond acceptors (Lipinski definition) is 4. The van der Waals surface area contributed by atoms with Crippen LogP contribution in [0.25, 0.3) is 10.8 Å². The summed E-state index contributed by atoms with van der Waals surface area (Å²) in [4.78, 5) is 22.8. The maximum atomic E-state index is 12.7. The molecule has 138 valence electrons. The van der Waals surface area contributed by atoms with Crippen LogP contribution in [-0.4, -0.2) is 45.1 Å². The van der Waals surface area contributed by atoms with Crippen molar-refractivity contribution in [2.24, 2.45) is 0 Å². The molecule has 2 heterocycles. The fourth-order valence-electron chi connectivity index (χ4n) is 3.77. The molecule has 1 aliphatic rings. The molecule has 1 fully saturated rings. The highest BCUT2D eigenvalue weighted by molar-refractivity contribution is 5.93. The fraction of sp³-hybridized carbons (Fsp3) is 0.318. The molecule has 0 saturated carbocycles. The van der Waals surface area contributed by atoms with Crippen molar-refractivity contribution in [1.29, 1.82) is 0 Å². The van der Waals surface area contributed by atoms with E-state index in [2.05, 4.69) is 40.3 Å². The number of nitrogens with zero attached hydrogens (tertiary/aromatic N) is 3. The van der Waals surface area contributed by atoms with Gasteiger partial charge in [0.05, 0.1) is 11.7 Å². The van der Waals surface area contributed by atoms with Crippen molar-refractivity contribution in [2.75, 3.05) is 13.1 Å². The molecule has 27 heavy (non-hydrogen) atoms. The molecular formula is C22H23N3O2. The van der Waals surface area contributed by atoms with Crippen LogP contribution in [-0.2, 0) is 6.42 Å². The van der Waals surface area contributed by atoms with Crippen molar-refractivity contribution in [2.45, 2.75) is 31.8 Å². The Bertz CT molecular complexity index is 955. The molecule has 0 spiro atoms. The SMILES string of the molecule is CCc1ncc(C(=O)N2CC[C@@H](c3ccc4ccccc4c3)[C@H](O)C2)cn1. The van der Waals surface area contributed by atoms with Crippen LogP contribution in [0.15, 0.2) is 54.9 Å². The Morgan fingerprint density at radius 2 is 1.89 bits per heavy atom. The van der Waals surface area contributed by atoms with Crippen LogP contribution in [0.4, 0.5) is 0 Å². The van der Waals surface area contributed by atoms with Gasteiger partial charge in [-0.2, -0.15) is 0 Å². The molecule has 1 aliphatic heterocycles. The number of piperidine rings is 1. The second-order valence-electron chi connectivity index (χ2n) is 7.06. The average Bonchev–Trinajstić information content (AvgIpc) is 2.73. The highest BCUT2D eigenvalue weighted by atomic mass is 16.3. The molecule has 1 amide bonds. The van der Waals surface area contributed by atoms with E-state index in [4.69, 9.17) is 0 Å². The van der Waals surface area contributed by atoms with E-state index in [9.17, 15) is 9.90 Å². The van der Waals surface area contributed by atoms with Crippen LogP contribution in [0.2, 0.25) is 0 Å². The van der Waals surface area contributed by atoms with Gasteiger partial charge in [-0.1, -0.05) is 49.4 Å². The molecule has 1 aromatic heterocycles. The number of amides is 1. The minimum atomic E-state index is -0.584. The number of carbonyl (C=O) groups is 1. The highest BCUT2D eigenvalue weighted by Crippen LogP contribution is 2.31. The molecule has 0 radical (unpaired) electrons. The number of aliphatic hydroxyl groups excluding tert-OH is 1. The van der Waals surface area contributed by atoms with E-state index in [0.29, 0.717) is 18.7 Å². The lowest BCUT2D eigenvalue weighted by atomic mass is 9.86. The van der Waals surface area contributed by atoms with Crippen molar-refractivity contribution < 1.29 is 9.90 Å². The van der Waals surface area contributed by atoms with E-state index in [1.54, 1.807) is 17.3 Å². The summed E-state index contributed by atoms with van der Waals surface area (Å²) < 4.78 is 0. The predicted molar refractivity (Wildman–Crippen MR) is 105 cm³/mol. The van der Waals surface area contributed by atoms with Crippen LogP contribution in [0.5, 0.6) is 0 Å². The third kappa shape index (κ3) is 3.55. The first-order valence-electron chi connectivity index (χ1n) is 9.42. The van der Waals surface area contributed by atoms with Gasteiger partial charge in [-0.3, -0.25) is 4.79 Å². The summed E-state index contributed by atoms with van der Waals surface area (Å²) in [6.07, 6.45) is 4.05. The normalized spacial score (nSPS) is 20.0. The lowest BCUT2D eigenvalue weighted by Gasteiger charge is -2.36. The van der Waals surface area contributed by atoms with Crippen molar-refractivity contribution in [1.82, 2.24) is 14.9 Å². The van der Waals surface area contributed by atoms with Gasteiger partial charge in [-0.05, 0) is 22.8 Å². The van der Waals surface area contributed by atoms with Gasteiger partial charge in [-0.25, -0.2) is 9.97 Å². The number of aliphatic hydroxyl groups is 1.